The summed E-state index contributed by atoms with van der Waals surface area (Å²) in [6, 6.07) is 2.35. The van der Waals surface area contributed by atoms with E-state index in [4.69, 9.17) is 0 Å². The summed E-state index contributed by atoms with van der Waals surface area (Å²) >= 11 is 0. The van der Waals surface area contributed by atoms with E-state index < -0.39 is 29.3 Å². The van der Waals surface area contributed by atoms with E-state index in [1.807, 2.05) is 5.43 Å². The van der Waals surface area contributed by atoms with Gasteiger partial charge in [0.1, 0.15) is 0 Å². The maximum Gasteiger partial charge on any atom is 0.398 e. The molecule has 0 aliphatic heterocycles. The number of nitrogens with one attached hydrogen (secondary N) is 2. The van der Waals surface area contributed by atoms with Crippen LogP contribution in [-0.4, -0.2) is 29.4 Å². The lowest BCUT2D eigenvalue weighted by molar-refractivity contribution is -0.154. The van der Waals surface area contributed by atoms with Crippen molar-refractivity contribution in [1.29, 1.82) is 0 Å². The highest BCUT2D eigenvalue weighted by Gasteiger charge is 2.17. The van der Waals surface area contributed by atoms with Crippen molar-refractivity contribution in [2.45, 2.75) is 6.92 Å². The van der Waals surface area contributed by atoms with Crippen molar-refractivity contribution in [2.75, 3.05) is 6.61 Å². The first-order chi connectivity index (χ1) is 8.56. The van der Waals surface area contributed by atoms with E-state index in [-0.39, 0.29) is 6.61 Å². The lowest BCUT2D eigenvalue weighted by Gasteiger charge is -2.06. The Morgan fingerprint density at radius 3 is 2.72 bits per heavy atom. The third-order valence-corrected chi connectivity index (χ3v) is 1.72. The largest absolute Gasteiger partial charge is 0.459 e. The molecular formula is C10H10FN3O4. The van der Waals surface area contributed by atoms with Gasteiger partial charge in [0.05, 0.1) is 6.61 Å². The predicted octanol–water partition coefficient (Wildman–Crippen LogP) is -0.455. The molecule has 0 spiro atoms. The number of halogens is 1. The zero-order chi connectivity index (χ0) is 13.5. The van der Waals surface area contributed by atoms with Crippen LogP contribution in [0.1, 0.15) is 17.4 Å². The smallest absolute Gasteiger partial charge is 0.398 e. The van der Waals surface area contributed by atoms with Crippen LogP contribution in [0.25, 0.3) is 0 Å². The van der Waals surface area contributed by atoms with Gasteiger partial charge in [-0.3, -0.25) is 20.4 Å². The van der Waals surface area contributed by atoms with E-state index in [9.17, 15) is 18.8 Å². The van der Waals surface area contributed by atoms with Gasteiger partial charge in [-0.1, -0.05) is 0 Å². The van der Waals surface area contributed by atoms with Gasteiger partial charge in [0.15, 0.2) is 11.5 Å². The number of ether oxygens (including phenoxy) is 1. The van der Waals surface area contributed by atoms with Crippen molar-refractivity contribution in [3.05, 3.63) is 29.8 Å². The van der Waals surface area contributed by atoms with Crippen molar-refractivity contribution >= 4 is 17.8 Å². The molecule has 7 nitrogen and oxygen atoms in total. The van der Waals surface area contributed by atoms with Crippen molar-refractivity contribution in [1.82, 2.24) is 15.8 Å². The molecule has 96 valence electrons. The lowest BCUT2D eigenvalue weighted by Crippen LogP contribution is -2.45. The Morgan fingerprint density at radius 1 is 1.39 bits per heavy atom. The molecule has 2 N–H and O–H groups in total. The number of carbonyl (C=O) groups excluding carboxylic acids is 3. The summed E-state index contributed by atoms with van der Waals surface area (Å²) < 4.78 is 17.5. The zero-order valence-electron chi connectivity index (χ0n) is 9.40. The van der Waals surface area contributed by atoms with Crippen LogP contribution in [0.2, 0.25) is 0 Å². The second-order valence-electron chi connectivity index (χ2n) is 2.96. The van der Waals surface area contributed by atoms with Crippen LogP contribution in [0.15, 0.2) is 18.3 Å². The average Bonchev–Trinajstić information content (AvgIpc) is 2.36. The summed E-state index contributed by atoms with van der Waals surface area (Å²) in [5, 5.41) is 0. The Hall–Kier alpha value is -2.51. The van der Waals surface area contributed by atoms with Gasteiger partial charge in [-0.05, 0) is 19.1 Å². The van der Waals surface area contributed by atoms with Crippen molar-refractivity contribution in [3.63, 3.8) is 0 Å². The number of amides is 2. The molecule has 0 saturated carbocycles. The van der Waals surface area contributed by atoms with Gasteiger partial charge in [-0.15, -0.1) is 0 Å². The normalized spacial score (nSPS) is 9.44. The Bertz CT molecular complexity index is 478. The van der Waals surface area contributed by atoms with Gasteiger partial charge >= 0.3 is 11.9 Å². The Labute approximate surface area is 101 Å². The number of nitrogens with zero attached hydrogens (tertiary/aromatic N) is 1. The number of hydrogen-bond donors (Lipinski definition) is 2. The highest BCUT2D eigenvalue weighted by atomic mass is 19.1. The fourth-order valence-corrected chi connectivity index (χ4v) is 0.973. The molecule has 0 radical (unpaired) electrons. The standard InChI is InChI=1S/C10H10FN3O4/c1-2-18-10(17)9(16)14-13-8(15)7-6(11)4-3-5-12-7/h3-5H,2H2,1H3,(H,13,15)(H,14,16). The summed E-state index contributed by atoms with van der Waals surface area (Å²) in [5.74, 6) is -4.15. The highest BCUT2D eigenvalue weighted by Crippen LogP contribution is 2.01. The Morgan fingerprint density at radius 2 is 2.11 bits per heavy atom. The van der Waals surface area contributed by atoms with Gasteiger partial charge in [0, 0.05) is 6.20 Å². The number of aromatic nitrogens is 1. The van der Waals surface area contributed by atoms with Crippen molar-refractivity contribution in [3.8, 4) is 0 Å². The van der Waals surface area contributed by atoms with E-state index in [1.165, 1.54) is 19.2 Å². The summed E-state index contributed by atoms with van der Waals surface area (Å²) in [6.45, 7) is 1.54. The number of pyridine rings is 1. The Kier molecular flexibility index (Phi) is 4.73. The minimum atomic E-state index is -1.17. The molecule has 0 bridgehead atoms. The van der Waals surface area contributed by atoms with Gasteiger partial charge in [-0.2, -0.15) is 0 Å². The first kappa shape index (κ1) is 13.6. The molecule has 0 unspecified atom stereocenters. The van der Waals surface area contributed by atoms with E-state index in [2.05, 4.69) is 9.72 Å². The quantitative estimate of drug-likeness (QED) is 0.423. The third-order valence-electron chi connectivity index (χ3n) is 1.72. The molecule has 18 heavy (non-hydrogen) atoms. The maximum atomic E-state index is 13.1. The van der Waals surface area contributed by atoms with E-state index in [1.54, 1.807) is 5.43 Å². The van der Waals surface area contributed by atoms with Crippen LogP contribution in [0.4, 0.5) is 4.39 Å². The summed E-state index contributed by atoms with van der Waals surface area (Å²) in [4.78, 5) is 36.8. The lowest BCUT2D eigenvalue weighted by atomic mass is 10.3. The third kappa shape index (κ3) is 3.51. The molecular weight excluding hydrogens is 245 g/mol. The SMILES string of the molecule is CCOC(=O)C(=O)NNC(=O)c1ncccc1F. The molecule has 1 rings (SSSR count). The molecule has 0 atom stereocenters. The fraction of sp³-hybridized carbons (Fsp3) is 0.200. The molecule has 0 saturated heterocycles. The summed E-state index contributed by atoms with van der Waals surface area (Å²) in [7, 11) is 0. The second-order valence-corrected chi connectivity index (χ2v) is 2.96. The topological polar surface area (TPSA) is 97.4 Å². The molecule has 1 aromatic rings. The highest BCUT2D eigenvalue weighted by molar-refractivity contribution is 6.32. The van der Waals surface area contributed by atoms with Gasteiger partial charge < -0.3 is 4.74 Å². The number of esters is 1. The van der Waals surface area contributed by atoms with Crippen LogP contribution in [0.5, 0.6) is 0 Å². The number of hydrazine groups is 1. The molecule has 8 heteroatoms. The fourth-order valence-electron chi connectivity index (χ4n) is 0.973. The average molecular weight is 255 g/mol. The molecule has 0 aliphatic carbocycles. The monoisotopic (exact) mass is 255 g/mol. The molecule has 0 aromatic carbocycles. The first-order valence-electron chi connectivity index (χ1n) is 4.94. The summed E-state index contributed by atoms with van der Waals surface area (Å²) in [5.41, 5.74) is 3.11. The summed E-state index contributed by atoms with van der Waals surface area (Å²) in [6.07, 6.45) is 1.21. The van der Waals surface area contributed by atoms with Crippen LogP contribution in [0, 0.1) is 5.82 Å². The minimum Gasteiger partial charge on any atom is -0.459 e. The van der Waals surface area contributed by atoms with Crippen molar-refractivity contribution < 1.29 is 23.5 Å². The molecule has 2 amide bonds. The molecule has 0 fully saturated rings. The van der Waals surface area contributed by atoms with Gasteiger partial charge in [0.2, 0.25) is 0 Å². The van der Waals surface area contributed by atoms with Crippen LogP contribution in [0.3, 0.4) is 0 Å². The van der Waals surface area contributed by atoms with Crippen LogP contribution in [-0.2, 0) is 14.3 Å². The molecule has 1 heterocycles. The van der Waals surface area contributed by atoms with Gasteiger partial charge in [-0.25, -0.2) is 14.2 Å². The van der Waals surface area contributed by atoms with Crippen LogP contribution < -0.4 is 10.9 Å². The number of carbonyl (C=O) groups is 3. The number of hydrogen-bond acceptors (Lipinski definition) is 5. The van der Waals surface area contributed by atoms with E-state index in [0.717, 1.165) is 6.07 Å². The molecule has 1 aromatic heterocycles. The van der Waals surface area contributed by atoms with E-state index >= 15 is 0 Å². The second kappa shape index (κ2) is 6.28. The first-order valence-corrected chi connectivity index (χ1v) is 4.94. The van der Waals surface area contributed by atoms with Gasteiger partial charge in [0.25, 0.3) is 5.91 Å². The Balaban J connectivity index is 2.55. The van der Waals surface area contributed by atoms with Crippen molar-refractivity contribution in [2.24, 2.45) is 0 Å². The van der Waals surface area contributed by atoms with E-state index in [0.29, 0.717) is 0 Å². The number of rotatable bonds is 2. The maximum absolute atomic E-state index is 13.1. The van der Waals surface area contributed by atoms with Crippen LogP contribution >= 0.6 is 0 Å². The zero-order valence-corrected chi connectivity index (χ0v) is 9.40. The molecule has 0 aliphatic rings. The minimum absolute atomic E-state index is 0.0229. The predicted molar refractivity (Wildman–Crippen MR) is 56.4 cm³/mol.